The second kappa shape index (κ2) is 4.71. The molecule has 0 atom stereocenters. The Morgan fingerprint density at radius 1 is 1.64 bits per heavy atom. The molecule has 0 radical (unpaired) electrons. The summed E-state index contributed by atoms with van der Waals surface area (Å²) in [7, 11) is 5.27. The van der Waals surface area contributed by atoms with Crippen LogP contribution < -0.4 is 5.32 Å². The Bertz CT molecular complexity index is 306. The van der Waals surface area contributed by atoms with Crippen molar-refractivity contribution in [3.8, 4) is 0 Å². The van der Waals surface area contributed by atoms with Crippen LogP contribution in [0, 0.1) is 0 Å². The van der Waals surface area contributed by atoms with Crippen LogP contribution in [-0.4, -0.2) is 46.9 Å². The lowest BCUT2D eigenvalue weighted by Gasteiger charge is -2.08. The Morgan fingerprint density at radius 3 is 2.93 bits per heavy atom. The molecule has 1 rings (SSSR count). The zero-order valence-electron chi connectivity index (χ0n) is 8.69. The summed E-state index contributed by atoms with van der Waals surface area (Å²) in [5.74, 6) is 0.00547. The van der Waals surface area contributed by atoms with Gasteiger partial charge < -0.3 is 10.2 Å². The fraction of sp³-hybridized carbons (Fsp3) is 0.625. The van der Waals surface area contributed by atoms with Gasteiger partial charge in [0.15, 0.2) is 0 Å². The predicted molar refractivity (Wildman–Crippen MR) is 51.5 cm³/mol. The van der Waals surface area contributed by atoms with E-state index in [-0.39, 0.29) is 12.5 Å². The van der Waals surface area contributed by atoms with Crippen LogP contribution in [0.3, 0.4) is 0 Å². The molecule has 78 valence electrons. The monoisotopic (exact) mass is 197 g/mol. The molecule has 6 heteroatoms. The van der Waals surface area contributed by atoms with E-state index in [9.17, 15) is 4.79 Å². The van der Waals surface area contributed by atoms with Crippen LogP contribution in [-0.2, 0) is 17.9 Å². The quantitative estimate of drug-likeness (QED) is 0.678. The van der Waals surface area contributed by atoms with Gasteiger partial charge in [-0.2, -0.15) is 0 Å². The number of rotatable bonds is 4. The molecule has 0 spiro atoms. The van der Waals surface area contributed by atoms with Crippen molar-refractivity contribution in [2.45, 2.75) is 13.1 Å². The van der Waals surface area contributed by atoms with Crippen LogP contribution in [0.4, 0.5) is 0 Å². The first-order valence-corrected chi connectivity index (χ1v) is 4.37. The summed E-state index contributed by atoms with van der Waals surface area (Å²) >= 11 is 0. The normalized spacial score (nSPS) is 10.2. The number of nitrogens with zero attached hydrogens (tertiary/aromatic N) is 4. The number of carbonyl (C=O) groups is 1. The van der Waals surface area contributed by atoms with Gasteiger partial charge in [-0.1, -0.05) is 5.21 Å². The molecule has 0 aliphatic heterocycles. The standard InChI is InChI=1S/C8H15N5O/c1-9-4-7-5-13(11-10-7)6-8(14)12(2)3/h5,9H,4,6H2,1-3H3. The Morgan fingerprint density at radius 2 is 2.36 bits per heavy atom. The van der Waals surface area contributed by atoms with E-state index in [0.29, 0.717) is 6.54 Å². The van der Waals surface area contributed by atoms with Gasteiger partial charge in [0.25, 0.3) is 0 Å². The van der Waals surface area contributed by atoms with E-state index >= 15 is 0 Å². The molecule has 1 heterocycles. The first-order chi connectivity index (χ1) is 6.63. The molecule has 0 bridgehead atoms. The highest BCUT2D eigenvalue weighted by atomic mass is 16.2. The molecule has 0 aromatic carbocycles. The SMILES string of the molecule is CNCc1cn(CC(=O)N(C)C)nn1. The molecular formula is C8H15N5O. The van der Waals surface area contributed by atoms with Gasteiger partial charge in [0.2, 0.25) is 5.91 Å². The van der Waals surface area contributed by atoms with Crippen molar-refractivity contribution >= 4 is 5.91 Å². The summed E-state index contributed by atoms with van der Waals surface area (Å²) < 4.78 is 1.54. The fourth-order valence-electron chi connectivity index (χ4n) is 0.958. The van der Waals surface area contributed by atoms with Crippen molar-refractivity contribution in [2.24, 2.45) is 0 Å². The van der Waals surface area contributed by atoms with Crippen molar-refractivity contribution in [1.29, 1.82) is 0 Å². The average molecular weight is 197 g/mol. The minimum Gasteiger partial charge on any atom is -0.347 e. The number of hydrogen-bond acceptors (Lipinski definition) is 4. The third-order valence-electron chi connectivity index (χ3n) is 1.74. The predicted octanol–water partition coefficient (Wildman–Crippen LogP) is -0.914. The van der Waals surface area contributed by atoms with Gasteiger partial charge in [0.05, 0.1) is 11.9 Å². The minimum atomic E-state index is 0.00547. The molecule has 14 heavy (non-hydrogen) atoms. The molecular weight excluding hydrogens is 182 g/mol. The fourth-order valence-corrected chi connectivity index (χ4v) is 0.958. The van der Waals surface area contributed by atoms with E-state index in [4.69, 9.17) is 0 Å². The van der Waals surface area contributed by atoms with Crippen molar-refractivity contribution in [1.82, 2.24) is 25.2 Å². The highest BCUT2D eigenvalue weighted by molar-refractivity contribution is 5.75. The van der Waals surface area contributed by atoms with Gasteiger partial charge in [-0.3, -0.25) is 4.79 Å². The van der Waals surface area contributed by atoms with E-state index in [1.165, 1.54) is 9.58 Å². The molecule has 0 aliphatic rings. The molecule has 0 saturated carbocycles. The van der Waals surface area contributed by atoms with E-state index in [2.05, 4.69) is 15.6 Å². The zero-order chi connectivity index (χ0) is 10.6. The number of amides is 1. The maximum Gasteiger partial charge on any atom is 0.243 e. The summed E-state index contributed by atoms with van der Waals surface area (Å²) in [6, 6.07) is 0. The average Bonchev–Trinajstić information content (AvgIpc) is 2.53. The molecule has 1 aromatic rings. The van der Waals surface area contributed by atoms with Gasteiger partial charge >= 0.3 is 0 Å². The van der Waals surface area contributed by atoms with E-state index in [0.717, 1.165) is 5.69 Å². The first kappa shape index (κ1) is 10.6. The first-order valence-electron chi connectivity index (χ1n) is 4.37. The van der Waals surface area contributed by atoms with E-state index in [1.807, 2.05) is 7.05 Å². The lowest BCUT2D eigenvalue weighted by Crippen LogP contribution is -2.26. The molecule has 0 saturated heterocycles. The van der Waals surface area contributed by atoms with Gasteiger partial charge in [-0.25, -0.2) is 4.68 Å². The number of nitrogens with one attached hydrogen (secondary N) is 1. The van der Waals surface area contributed by atoms with Crippen LogP contribution in [0.5, 0.6) is 0 Å². The van der Waals surface area contributed by atoms with Crippen LogP contribution >= 0.6 is 0 Å². The Kier molecular flexibility index (Phi) is 3.58. The smallest absolute Gasteiger partial charge is 0.243 e. The molecule has 0 aliphatic carbocycles. The highest BCUT2D eigenvalue weighted by Gasteiger charge is 2.06. The molecule has 1 N–H and O–H groups in total. The van der Waals surface area contributed by atoms with Crippen LogP contribution in [0.15, 0.2) is 6.20 Å². The van der Waals surface area contributed by atoms with E-state index in [1.54, 1.807) is 20.3 Å². The Hall–Kier alpha value is -1.43. The largest absolute Gasteiger partial charge is 0.347 e. The molecule has 1 amide bonds. The van der Waals surface area contributed by atoms with Crippen molar-refractivity contribution < 1.29 is 4.79 Å². The van der Waals surface area contributed by atoms with Gasteiger partial charge in [0.1, 0.15) is 6.54 Å². The number of carbonyl (C=O) groups excluding carboxylic acids is 1. The third kappa shape index (κ3) is 2.81. The molecule has 6 nitrogen and oxygen atoms in total. The van der Waals surface area contributed by atoms with Crippen molar-refractivity contribution in [3.63, 3.8) is 0 Å². The third-order valence-corrected chi connectivity index (χ3v) is 1.74. The van der Waals surface area contributed by atoms with Gasteiger partial charge in [0, 0.05) is 20.6 Å². The van der Waals surface area contributed by atoms with E-state index < -0.39 is 0 Å². The maximum atomic E-state index is 11.3. The summed E-state index contributed by atoms with van der Waals surface area (Å²) in [6.45, 7) is 0.903. The highest BCUT2D eigenvalue weighted by Crippen LogP contribution is 1.93. The van der Waals surface area contributed by atoms with Crippen molar-refractivity contribution in [2.75, 3.05) is 21.1 Å². The maximum absolute atomic E-state index is 11.3. The van der Waals surface area contributed by atoms with Crippen LogP contribution in [0.25, 0.3) is 0 Å². The number of aromatic nitrogens is 3. The lowest BCUT2D eigenvalue weighted by atomic mass is 10.5. The summed E-state index contributed by atoms with van der Waals surface area (Å²) in [6.07, 6.45) is 1.76. The minimum absolute atomic E-state index is 0.00547. The second-order valence-corrected chi connectivity index (χ2v) is 3.23. The second-order valence-electron chi connectivity index (χ2n) is 3.23. The Labute approximate surface area is 82.9 Å². The molecule has 0 unspecified atom stereocenters. The number of likely N-dealkylation sites (N-methyl/N-ethyl adjacent to an activating group) is 1. The van der Waals surface area contributed by atoms with Crippen LogP contribution in [0.1, 0.15) is 5.69 Å². The lowest BCUT2D eigenvalue weighted by molar-refractivity contribution is -0.129. The summed E-state index contributed by atoms with van der Waals surface area (Å²) in [4.78, 5) is 12.8. The Balaban J connectivity index is 2.55. The van der Waals surface area contributed by atoms with Gasteiger partial charge in [-0.15, -0.1) is 5.10 Å². The molecule has 0 fully saturated rings. The molecule has 1 aromatic heterocycles. The summed E-state index contributed by atoms with van der Waals surface area (Å²) in [5, 5.41) is 10.7. The summed E-state index contributed by atoms with van der Waals surface area (Å²) in [5.41, 5.74) is 0.832. The van der Waals surface area contributed by atoms with Crippen molar-refractivity contribution in [3.05, 3.63) is 11.9 Å². The zero-order valence-corrected chi connectivity index (χ0v) is 8.69. The number of hydrogen-bond donors (Lipinski definition) is 1. The van der Waals surface area contributed by atoms with Gasteiger partial charge in [-0.05, 0) is 7.05 Å². The van der Waals surface area contributed by atoms with Crippen LogP contribution in [0.2, 0.25) is 0 Å². The topological polar surface area (TPSA) is 63.1 Å².